The molecule has 4 atom stereocenters. The van der Waals surface area contributed by atoms with E-state index >= 15 is 0 Å². The van der Waals surface area contributed by atoms with Gasteiger partial charge in [0.05, 0.1) is 111 Å². The summed E-state index contributed by atoms with van der Waals surface area (Å²) in [5.74, 6) is 4.30. The number of piperidine rings is 1. The molecule has 0 spiro atoms. The maximum atomic E-state index is 12.4. The van der Waals surface area contributed by atoms with Gasteiger partial charge in [0.25, 0.3) is 0 Å². The van der Waals surface area contributed by atoms with Crippen molar-refractivity contribution in [2.45, 2.75) is 123 Å². The van der Waals surface area contributed by atoms with Gasteiger partial charge < -0.3 is 58.1 Å². The zero-order chi connectivity index (χ0) is 85.9. The van der Waals surface area contributed by atoms with E-state index in [9.17, 15) is 28.5 Å². The Kier molecular flexibility index (Phi) is 29.6. The molecule has 126 heavy (non-hydrogen) atoms. The molecular weight excluding hydrogens is 1700 g/mol. The third kappa shape index (κ3) is 19.3. The molecule has 1 radical (unpaired) electrons. The molecule has 1 saturated carbocycles. The van der Waals surface area contributed by atoms with Crippen LogP contribution in [0.15, 0.2) is 172 Å². The Labute approximate surface area is 750 Å². The number of aromatic amines is 5. The van der Waals surface area contributed by atoms with E-state index in [1.165, 1.54) is 36.3 Å². The van der Waals surface area contributed by atoms with Crippen LogP contribution in [0.3, 0.4) is 0 Å². The number of hydrogen-bond donors (Lipinski definition) is 8. The molecule has 2 amide bonds. The van der Waals surface area contributed by atoms with Gasteiger partial charge in [0, 0.05) is 164 Å². The fraction of sp³-hybridized carbons (Fsp3) is 0.318. The smallest absolute Gasteiger partial charge is 0.245 e. The summed E-state index contributed by atoms with van der Waals surface area (Å²) < 4.78 is 29.2. The van der Waals surface area contributed by atoms with Crippen LogP contribution in [0.4, 0.5) is 23.1 Å². The Bertz CT molecular complexity index is 6480. The number of aromatic nitrogens is 21. The number of anilines is 4. The van der Waals surface area contributed by atoms with Crippen molar-refractivity contribution in [1.29, 1.82) is 15.8 Å². The number of rotatable bonds is 19. The van der Waals surface area contributed by atoms with E-state index in [0.717, 1.165) is 125 Å². The number of imidazole rings is 1. The molecule has 1 aliphatic carbocycles. The van der Waals surface area contributed by atoms with E-state index in [-0.39, 0.29) is 89.0 Å². The van der Waals surface area contributed by atoms with Gasteiger partial charge in [-0.3, -0.25) is 23.9 Å². The van der Waals surface area contributed by atoms with E-state index in [2.05, 4.69) is 130 Å². The molecule has 34 nitrogen and oxygen atoms in total. The van der Waals surface area contributed by atoms with Gasteiger partial charge in [0.1, 0.15) is 88.0 Å². The molecule has 3 aliphatic heterocycles. The minimum atomic E-state index is -3.27. The normalized spacial score (nSPS) is 15.5. The Morgan fingerprint density at radius 2 is 1.36 bits per heavy atom. The first-order valence-corrected chi connectivity index (χ1v) is 42.7. The zero-order valence-electron chi connectivity index (χ0n) is 69.7. The summed E-state index contributed by atoms with van der Waals surface area (Å²) in [7, 11) is -1.26. The van der Waals surface area contributed by atoms with Crippen molar-refractivity contribution in [3.63, 3.8) is 0 Å². The number of fused-ring (bicyclic) bond motifs is 9. The molecule has 647 valence electrons. The molecule has 14 aromatic heterocycles. The summed E-state index contributed by atoms with van der Waals surface area (Å²) in [6.07, 6.45) is 35.1. The average Bonchev–Trinajstić information content (AvgIpc) is 1.15. The number of H-pyrrole nitrogens is 5. The third-order valence-corrected chi connectivity index (χ3v) is 25.3. The monoisotopic (exact) mass is 1790 g/mol. The van der Waals surface area contributed by atoms with E-state index in [0.29, 0.717) is 70.8 Å². The standard InChI is InChI=1S/C19H11Cl2N5.C18H22N6O.C17H18N6.C16H17N7O2S.C16H20N6O.CH4.CH3.V/c20-12-4-1-5-13(21)15(12)19-25-16-10-6-8-22-9-14(10)24-18-11(17(16)26-19)3-2-7-23-18;1-4-18(3,17(25)19-5-2)24-14-8-10-21-16(23-14)13-11-22-15-12(13)7-6-9-20-15;18-7-5-15(12-3-1-2-4-12)23-10-13(9-22-23)16-14-6-8-19-17(14)21-11-20-16;1-2-26(24,25)22-9-16(10-22,4-5-17)23-8-12(7-21-23)14-13-3-6-18-15(13)20-11-19-14;1-11-5-8-22(14(23)3-6-17)9-13(11)21(2)16-12-4-7-18-15(12)19-10-20-16;;;/h1-9H,(H,23,24)(H,25,26);6-11H,4-5H2,1-3H3,(H,19,25)(H,20,22)(H,21,23,24);6,8-12,15H,1-5H2,(H,19,20,21);3,6-8,11H,2,4,9-10H2,1H3,(H,18,19,20);4,7,10-11,13H,3,5,8-9H2,1-2H3,(H,18,19,20);1H4;1H3;/q;;;;;;-1;/t;18-;15-;;11-,13?;;;/m.11.1.../s1. The second-order valence-corrected chi connectivity index (χ2v) is 33.5. The number of likely N-dealkylation sites (N-methyl/N-ethyl adjacent to an activating group) is 2. The van der Waals surface area contributed by atoms with Crippen LogP contribution < -0.4 is 20.9 Å². The summed E-state index contributed by atoms with van der Waals surface area (Å²) in [5.41, 5.74) is 11.1. The number of sulfonamides is 1. The molecule has 8 N–H and O–H groups in total. The second-order valence-electron chi connectivity index (χ2n) is 30.5. The number of hydrogen-bond acceptors (Lipinski definition) is 24. The number of carbonyl (C=O) groups is 2. The number of nitrogens with one attached hydrogen (secondary N) is 8. The molecule has 4 aliphatic rings. The van der Waals surface area contributed by atoms with Crippen molar-refractivity contribution >= 4 is 112 Å². The predicted molar refractivity (Wildman–Crippen MR) is 482 cm³/mol. The summed E-state index contributed by atoms with van der Waals surface area (Å²) in [5, 5.41) is 50.4. The molecule has 2 saturated heterocycles. The van der Waals surface area contributed by atoms with Crippen molar-refractivity contribution in [3.05, 3.63) is 190 Å². The molecule has 1 aromatic carbocycles. The predicted octanol–water partition coefficient (Wildman–Crippen LogP) is 15.5. The summed E-state index contributed by atoms with van der Waals surface area (Å²) in [4.78, 5) is 96.6. The third-order valence-electron chi connectivity index (χ3n) is 22.9. The Balaban J connectivity index is 0.000000143. The first-order chi connectivity index (χ1) is 59.8. The van der Waals surface area contributed by atoms with Crippen molar-refractivity contribution in [2.24, 2.45) is 11.8 Å². The van der Waals surface area contributed by atoms with Gasteiger partial charge in [-0.25, -0.2) is 63.2 Å². The minimum Gasteiger partial charge on any atom is -0.358 e. The van der Waals surface area contributed by atoms with Crippen LogP contribution in [0.25, 0.3) is 112 Å². The summed E-state index contributed by atoms with van der Waals surface area (Å²) in [6.45, 7) is 12.0. The van der Waals surface area contributed by atoms with Gasteiger partial charge in [-0.05, 0) is 125 Å². The SMILES string of the molecule is C.CCNC(=O)[C@@](C)(CC)Nc1ccnc(-c2c[nH]c3ncccc23)n1.CCS(=O)(=O)N1CC(CC#N)(n2cc(-c3ncnc4[nH]ccc34)cn2)C1.C[C@@H]1CCN(C(=O)CC#N)CC1N(C)c1ncnc2[nH]ccc12.Clc1cccc(Cl)c1-c1nc2c([nH]1)-c1ccncc1Nc1ncccc1-2.N#CC[C@H](C1CCCC1)n1cc(-c2ncnc3[nH]ccc23)cn1.[CH3-].[V]. The Morgan fingerprint density at radius 3 is 2.03 bits per heavy atom. The Morgan fingerprint density at radius 1 is 0.698 bits per heavy atom. The van der Waals surface area contributed by atoms with Gasteiger partial charge in [-0.2, -0.15) is 30.3 Å². The van der Waals surface area contributed by atoms with Crippen LogP contribution in [0.2, 0.25) is 10.0 Å². The number of nitriles is 3. The van der Waals surface area contributed by atoms with E-state index < -0.39 is 21.1 Å². The molecule has 3 fully saturated rings. The van der Waals surface area contributed by atoms with Gasteiger partial charge in [-0.1, -0.05) is 63.4 Å². The van der Waals surface area contributed by atoms with Crippen molar-refractivity contribution < 1.29 is 36.6 Å². The van der Waals surface area contributed by atoms with E-state index in [1.807, 2.05) is 130 Å². The number of halogens is 2. The molecule has 38 heteroatoms. The fourth-order valence-electron chi connectivity index (χ4n) is 16.0. The minimum absolute atomic E-state index is 0. The van der Waals surface area contributed by atoms with Crippen LogP contribution in [0.5, 0.6) is 0 Å². The number of benzene rings is 1. The topological polar surface area (TPSA) is 455 Å². The van der Waals surface area contributed by atoms with Crippen molar-refractivity contribution in [2.75, 3.05) is 61.1 Å². The Hall–Kier alpha value is -13.3. The van der Waals surface area contributed by atoms with Crippen LogP contribution in [0.1, 0.15) is 106 Å². The molecule has 0 bridgehead atoms. The number of likely N-dealkylation sites (tertiary alicyclic amines) is 1. The first-order valence-electron chi connectivity index (χ1n) is 40.3. The fourth-order valence-corrected chi connectivity index (χ4v) is 17.8. The maximum Gasteiger partial charge on any atom is 0.245 e. The summed E-state index contributed by atoms with van der Waals surface area (Å²) >= 11 is 12.8. The molecule has 15 aromatic rings. The summed E-state index contributed by atoms with van der Waals surface area (Å²) in [6, 6.07) is 29.4. The van der Waals surface area contributed by atoms with Gasteiger partial charge in [0.2, 0.25) is 21.8 Å². The van der Waals surface area contributed by atoms with Gasteiger partial charge >= 0.3 is 0 Å². The van der Waals surface area contributed by atoms with Gasteiger partial charge in [0.15, 0.2) is 5.82 Å². The van der Waals surface area contributed by atoms with Crippen LogP contribution in [-0.2, 0) is 43.7 Å². The van der Waals surface area contributed by atoms with Crippen molar-refractivity contribution in [3.8, 4) is 86.0 Å². The zero-order valence-corrected chi connectivity index (χ0v) is 73.4. The average molecular weight is 1790 g/mol. The number of nitrogens with zero attached hydrogens (tertiary/aromatic N) is 22. The molecule has 19 rings (SSSR count). The van der Waals surface area contributed by atoms with Crippen LogP contribution in [-0.4, -0.2) is 191 Å². The number of pyridine rings is 3. The maximum absolute atomic E-state index is 12.4. The van der Waals surface area contributed by atoms with Crippen LogP contribution in [0, 0.1) is 53.3 Å². The quantitative estimate of drug-likeness (QED) is 0.0349. The van der Waals surface area contributed by atoms with E-state index in [1.54, 1.807) is 90.7 Å². The molecule has 1 unspecified atom stereocenters. The second kappa shape index (κ2) is 40.5. The van der Waals surface area contributed by atoms with Crippen molar-refractivity contribution in [1.82, 2.24) is 119 Å². The largest absolute Gasteiger partial charge is 0.358 e. The van der Waals surface area contributed by atoms with Gasteiger partial charge in [-0.15, -0.1) is 0 Å². The van der Waals surface area contributed by atoms with E-state index in [4.69, 9.17) is 33.4 Å². The number of amides is 2. The molecule has 17 heterocycles. The number of carbonyl (C=O) groups excluding carboxylic acids is 2. The van der Waals surface area contributed by atoms with Crippen LogP contribution >= 0.6 is 23.2 Å². The first kappa shape index (κ1) is 91.9. The molecular formula is C88H95Cl2N30O4SV-.